The molecule has 0 aliphatic rings. The van der Waals surface area contributed by atoms with E-state index in [1.165, 1.54) is 0 Å². The molecule has 4 unspecified atom stereocenters. The Balaban J connectivity index is 2.41. The topological polar surface area (TPSA) is 6.48 Å². The first kappa shape index (κ1) is 20.0. The predicted octanol–water partition coefficient (Wildman–Crippen LogP) is 5.19. The molecule has 0 amide bonds. The van der Waals surface area contributed by atoms with Crippen molar-refractivity contribution < 1.29 is 0 Å². The van der Waals surface area contributed by atoms with Gasteiger partial charge in [-0.05, 0) is 0 Å². The Bertz CT molecular complexity index is 522. The number of nitrogens with zero attached hydrogens (tertiary/aromatic N) is 2. The van der Waals surface area contributed by atoms with Crippen LogP contribution in [0.1, 0.15) is 55.4 Å². The van der Waals surface area contributed by atoms with Gasteiger partial charge in [-0.15, -0.1) is 0 Å². The van der Waals surface area contributed by atoms with E-state index in [9.17, 15) is 0 Å². The van der Waals surface area contributed by atoms with Gasteiger partial charge in [-0.2, -0.15) is 0 Å². The molecule has 9 heteroatoms. The monoisotopic (exact) mass is 564 g/mol. The van der Waals surface area contributed by atoms with Crippen molar-refractivity contribution in [3.8, 4) is 0 Å². The Morgan fingerprint density at radius 3 is 1.00 bits per heavy atom. The third kappa shape index (κ3) is 4.45. The molecule has 21 heavy (non-hydrogen) atoms. The zero-order valence-electron chi connectivity index (χ0n) is 14.2. The summed E-state index contributed by atoms with van der Waals surface area (Å²) in [5.74, 6) is 0. The van der Waals surface area contributed by atoms with Crippen LogP contribution >= 0.6 is 20.7 Å². The van der Waals surface area contributed by atoms with Gasteiger partial charge in [-0.25, -0.2) is 0 Å². The molecule has 2 rings (SSSR count). The van der Waals surface area contributed by atoms with Gasteiger partial charge in [-0.3, -0.25) is 0 Å². The first-order valence-electron chi connectivity index (χ1n) is 7.55. The summed E-state index contributed by atoms with van der Waals surface area (Å²) in [6.07, 6.45) is 0. The Hall–Kier alpha value is 2.68. The van der Waals surface area contributed by atoms with Gasteiger partial charge in [-0.1, -0.05) is 0 Å². The number of fused-ring (bicyclic) bond motifs is 2. The number of hydrogen-bond acceptors (Lipinski definition) is 2. The minimum atomic E-state index is 0.343. The molecule has 4 atom stereocenters. The van der Waals surface area contributed by atoms with Crippen LogP contribution in [0.5, 0.6) is 0 Å². The SMILES string of the molecule is CC(C)N(C(C)C)p1[se]p2[se]p1[se]p2N(C(C)C)C(C)C. The second-order valence-corrected chi connectivity index (χ2v) is 56.7. The fourth-order valence-electron chi connectivity index (χ4n) is 2.63. The maximum atomic E-state index is 2.97. The fraction of sp³-hybridized carbons (Fsp3) is 1.00. The summed E-state index contributed by atoms with van der Waals surface area (Å²) >= 11 is 3.16. The van der Waals surface area contributed by atoms with E-state index in [2.05, 4.69) is 64.7 Å². The Kier molecular flexibility index (Phi) is 7.97. The van der Waals surface area contributed by atoms with Gasteiger partial charge < -0.3 is 0 Å². The van der Waals surface area contributed by atoms with Crippen molar-refractivity contribution in [1.29, 1.82) is 0 Å². The van der Waals surface area contributed by atoms with Gasteiger partial charge in [0.25, 0.3) is 0 Å². The summed E-state index contributed by atoms with van der Waals surface area (Å²) in [5.41, 5.74) is 0. The minimum absolute atomic E-state index is 0.343. The van der Waals surface area contributed by atoms with Crippen LogP contribution in [0.15, 0.2) is 0 Å². The first-order chi connectivity index (χ1) is 9.73. The van der Waals surface area contributed by atoms with Crippen molar-refractivity contribution >= 4 is 61.5 Å². The molecule has 0 saturated carbocycles. The molecule has 2 aromatic heterocycles. The molecule has 2 heterocycles. The van der Waals surface area contributed by atoms with E-state index < -0.39 is 0 Å². The molecule has 2 bridgehead atoms. The summed E-state index contributed by atoms with van der Waals surface area (Å²) in [5, 5.41) is 0. The average molecular weight is 561 g/mol. The van der Waals surface area contributed by atoms with Crippen LogP contribution in [0.2, 0.25) is 0 Å². The van der Waals surface area contributed by atoms with Gasteiger partial charge in [0.05, 0.1) is 0 Å². The third-order valence-electron chi connectivity index (χ3n) is 3.22. The summed E-state index contributed by atoms with van der Waals surface area (Å²) in [7, 11) is 0. The summed E-state index contributed by atoms with van der Waals surface area (Å²) in [6, 6.07) is 3.80. The Morgan fingerprint density at radius 1 is 0.524 bits per heavy atom. The zero-order valence-corrected chi connectivity index (χ0v) is 22.9. The normalized spacial score (nSPS) is 16.9. The van der Waals surface area contributed by atoms with Crippen LogP contribution in [0, 0.1) is 0 Å². The molecule has 2 nitrogen and oxygen atoms in total. The maximum absolute atomic E-state index is 2.97. The molecule has 0 fully saturated rings. The zero-order chi connectivity index (χ0) is 15.9. The molecule has 0 radical (unpaired) electrons. The molecule has 0 aromatic carbocycles. The van der Waals surface area contributed by atoms with Crippen LogP contribution in [0.3, 0.4) is 0 Å². The molecular weight excluding hydrogens is 533 g/mol. The van der Waals surface area contributed by atoms with Crippen molar-refractivity contribution in [2.75, 3.05) is 9.34 Å². The first-order valence-corrected chi connectivity index (χ1v) is 27.5. The van der Waals surface area contributed by atoms with E-state index in [0.717, 1.165) is 64.9 Å². The standard InChI is InChI=1S/C12H28N2P4Se3/c1-9(2)13(10(3)4)15-17-20-16(18(19-15)21-17)14(11(5)6)12(7)8/h9-12H,1-8H3. The molecule has 2 aromatic rings. The van der Waals surface area contributed by atoms with Gasteiger partial charge in [0.1, 0.15) is 0 Å². The molecular formula is C12H28N2P4Se3. The predicted molar refractivity (Wildman–Crippen MR) is 111 cm³/mol. The molecule has 0 N–H and O–H groups in total. The van der Waals surface area contributed by atoms with Crippen LogP contribution in [0.4, 0.5) is 0 Å². The quantitative estimate of drug-likeness (QED) is 0.449. The average Bonchev–Trinajstić information content (AvgIpc) is 2.86. The Labute approximate surface area is 149 Å². The number of rotatable bonds is 6. The van der Waals surface area contributed by atoms with Crippen LogP contribution in [-0.2, 0) is 0 Å². The summed E-state index contributed by atoms with van der Waals surface area (Å²) in [6.45, 7) is 19.5. The second kappa shape index (κ2) is 8.37. The number of hydrogen-bond donors (Lipinski definition) is 0. The van der Waals surface area contributed by atoms with E-state index in [-0.39, 0.29) is 0 Å². The van der Waals surface area contributed by atoms with E-state index in [0.29, 0.717) is 20.7 Å². The van der Waals surface area contributed by atoms with Crippen molar-refractivity contribution in [3.05, 3.63) is 0 Å². The molecule has 0 spiro atoms. The second-order valence-electron chi connectivity index (χ2n) is 6.36. The van der Waals surface area contributed by atoms with Gasteiger partial charge >= 0.3 is 150 Å². The van der Waals surface area contributed by atoms with E-state index in [1.54, 1.807) is 0 Å². The van der Waals surface area contributed by atoms with E-state index in [1.807, 2.05) is 0 Å². The summed E-state index contributed by atoms with van der Waals surface area (Å²) < 4.78 is 6.94. The fourth-order valence-corrected chi connectivity index (χ4v) is 234. The van der Waals surface area contributed by atoms with Crippen molar-refractivity contribution in [3.63, 3.8) is 0 Å². The van der Waals surface area contributed by atoms with Crippen molar-refractivity contribution in [2.45, 2.75) is 79.6 Å². The van der Waals surface area contributed by atoms with E-state index in [4.69, 9.17) is 0 Å². The Morgan fingerprint density at radius 2 is 0.810 bits per heavy atom. The van der Waals surface area contributed by atoms with Gasteiger partial charge in [0.15, 0.2) is 0 Å². The van der Waals surface area contributed by atoms with Gasteiger partial charge in [0, 0.05) is 0 Å². The van der Waals surface area contributed by atoms with E-state index >= 15 is 0 Å². The molecule has 124 valence electrons. The van der Waals surface area contributed by atoms with Crippen LogP contribution in [0.25, 0.3) is 0 Å². The molecule has 0 aliphatic carbocycles. The van der Waals surface area contributed by atoms with Crippen molar-refractivity contribution in [1.82, 2.24) is 0 Å². The van der Waals surface area contributed by atoms with Crippen molar-refractivity contribution in [2.24, 2.45) is 0 Å². The molecule has 0 aliphatic heterocycles. The van der Waals surface area contributed by atoms with Crippen LogP contribution < -0.4 is 9.34 Å². The van der Waals surface area contributed by atoms with Crippen LogP contribution in [-0.4, -0.2) is 64.9 Å². The summed E-state index contributed by atoms with van der Waals surface area (Å²) in [4.78, 5) is 0. The molecule has 0 saturated heterocycles. The third-order valence-corrected chi connectivity index (χ3v) is 115. The van der Waals surface area contributed by atoms with Gasteiger partial charge in [0.2, 0.25) is 0 Å².